The Labute approximate surface area is 161 Å². The summed E-state index contributed by atoms with van der Waals surface area (Å²) in [7, 11) is -3.61. The van der Waals surface area contributed by atoms with Crippen molar-refractivity contribution in [3.63, 3.8) is 0 Å². The third-order valence-electron chi connectivity index (χ3n) is 4.14. The molecule has 3 rings (SSSR count). The van der Waals surface area contributed by atoms with E-state index in [0.717, 1.165) is 22.4 Å². The summed E-state index contributed by atoms with van der Waals surface area (Å²) in [6.45, 7) is 2.77. The molecule has 1 aromatic heterocycles. The predicted molar refractivity (Wildman–Crippen MR) is 107 cm³/mol. The average molecular weight is 411 g/mol. The molecule has 2 aromatic carbocycles. The number of nitrogens with one attached hydrogen (secondary N) is 1. The maximum Gasteiger partial charge on any atom is 0.308 e. The number of hydrogen-bond donors (Lipinski definition) is 1. The fourth-order valence-electron chi connectivity index (χ4n) is 2.78. The van der Waals surface area contributed by atoms with Gasteiger partial charge in [-0.1, -0.05) is 41.1 Å². The first kappa shape index (κ1) is 19.1. The van der Waals surface area contributed by atoms with E-state index in [4.69, 9.17) is 11.6 Å². The topological polar surface area (TPSA) is 68.2 Å². The summed E-state index contributed by atoms with van der Waals surface area (Å²) in [6.07, 6.45) is 1.34. The highest BCUT2D eigenvalue weighted by atomic mass is 35.5. The van der Waals surface area contributed by atoms with Crippen LogP contribution in [-0.2, 0) is 23.0 Å². The monoisotopic (exact) mass is 410 g/mol. The summed E-state index contributed by atoms with van der Waals surface area (Å²) in [4.78, 5) is 12.0. The molecule has 0 amide bonds. The van der Waals surface area contributed by atoms with Gasteiger partial charge in [-0.05, 0) is 49.6 Å². The maximum absolute atomic E-state index is 12.5. The number of aryl methyl sites for hydroxylation is 2. The van der Waals surface area contributed by atoms with Crippen molar-refractivity contribution in [3.05, 3.63) is 62.7 Å². The number of nitrogens with zero attached hydrogens (tertiary/aromatic N) is 1. The Bertz CT molecular complexity index is 1090. The zero-order chi connectivity index (χ0) is 18.7. The molecular formula is C18H19ClN2O3S2. The van der Waals surface area contributed by atoms with Gasteiger partial charge >= 0.3 is 4.87 Å². The van der Waals surface area contributed by atoms with Crippen LogP contribution in [0.3, 0.4) is 0 Å². The van der Waals surface area contributed by atoms with Crippen LogP contribution < -0.4 is 9.60 Å². The van der Waals surface area contributed by atoms with Crippen molar-refractivity contribution >= 4 is 43.2 Å². The van der Waals surface area contributed by atoms with E-state index in [1.807, 2.05) is 31.2 Å². The minimum Gasteiger partial charge on any atom is -0.299 e. The van der Waals surface area contributed by atoms with E-state index in [9.17, 15) is 13.2 Å². The number of sulfonamides is 1. The van der Waals surface area contributed by atoms with Crippen molar-refractivity contribution in [3.8, 4) is 0 Å². The molecule has 26 heavy (non-hydrogen) atoms. The Balaban J connectivity index is 1.69. The van der Waals surface area contributed by atoms with E-state index >= 15 is 0 Å². The smallest absolute Gasteiger partial charge is 0.299 e. The van der Waals surface area contributed by atoms with Crippen molar-refractivity contribution in [2.24, 2.45) is 0 Å². The second-order valence-electron chi connectivity index (χ2n) is 5.83. The summed E-state index contributed by atoms with van der Waals surface area (Å²) < 4.78 is 29.9. The second kappa shape index (κ2) is 7.92. The van der Waals surface area contributed by atoms with Crippen LogP contribution in [0.1, 0.15) is 18.9 Å². The highest BCUT2D eigenvalue weighted by molar-refractivity contribution is 7.89. The number of hydrogen-bond acceptors (Lipinski definition) is 4. The minimum absolute atomic E-state index is 0.0789. The van der Waals surface area contributed by atoms with Gasteiger partial charge in [0, 0.05) is 18.1 Å². The lowest BCUT2D eigenvalue weighted by atomic mass is 10.1. The molecule has 0 aliphatic carbocycles. The van der Waals surface area contributed by atoms with Gasteiger partial charge in [0.25, 0.3) is 0 Å². The van der Waals surface area contributed by atoms with Crippen LogP contribution in [0.2, 0.25) is 5.02 Å². The molecule has 3 aromatic rings. The lowest BCUT2D eigenvalue weighted by Gasteiger charge is -2.08. The van der Waals surface area contributed by atoms with Crippen molar-refractivity contribution < 1.29 is 8.42 Å². The summed E-state index contributed by atoms with van der Waals surface area (Å²) in [6, 6.07) is 12.3. The summed E-state index contributed by atoms with van der Waals surface area (Å²) in [5, 5.41) is 0.691. The molecule has 1 N–H and O–H groups in total. The van der Waals surface area contributed by atoms with Crippen LogP contribution in [0.4, 0.5) is 0 Å². The van der Waals surface area contributed by atoms with Crippen LogP contribution in [-0.4, -0.2) is 19.5 Å². The fraction of sp³-hybridized carbons (Fsp3) is 0.278. The van der Waals surface area contributed by atoms with Gasteiger partial charge in [-0.15, -0.1) is 0 Å². The van der Waals surface area contributed by atoms with Gasteiger partial charge in [0.15, 0.2) is 0 Å². The van der Waals surface area contributed by atoms with E-state index in [-0.39, 0.29) is 9.77 Å². The highest BCUT2D eigenvalue weighted by Crippen LogP contribution is 2.22. The first-order valence-corrected chi connectivity index (χ1v) is 11.0. The van der Waals surface area contributed by atoms with Crippen molar-refractivity contribution in [2.45, 2.75) is 31.2 Å². The predicted octanol–water partition coefficient (Wildman–Crippen LogP) is 3.65. The third kappa shape index (κ3) is 4.01. The number of aromatic nitrogens is 1. The maximum atomic E-state index is 12.5. The Morgan fingerprint density at radius 1 is 1.19 bits per heavy atom. The Morgan fingerprint density at radius 2 is 1.96 bits per heavy atom. The van der Waals surface area contributed by atoms with Crippen molar-refractivity contribution in [1.29, 1.82) is 0 Å². The molecule has 5 nitrogen and oxygen atoms in total. The lowest BCUT2D eigenvalue weighted by molar-refractivity contribution is 0.579. The molecule has 0 saturated heterocycles. The normalized spacial score (nSPS) is 11.9. The molecule has 1 heterocycles. The van der Waals surface area contributed by atoms with Gasteiger partial charge in [-0.2, -0.15) is 0 Å². The van der Waals surface area contributed by atoms with E-state index < -0.39 is 10.0 Å². The van der Waals surface area contributed by atoms with Gasteiger partial charge in [-0.25, -0.2) is 13.1 Å². The molecule has 0 fully saturated rings. The summed E-state index contributed by atoms with van der Waals surface area (Å²) >= 11 is 7.17. The number of benzene rings is 2. The van der Waals surface area contributed by atoms with E-state index in [0.29, 0.717) is 35.7 Å². The van der Waals surface area contributed by atoms with Gasteiger partial charge < -0.3 is 0 Å². The second-order valence-corrected chi connectivity index (χ2v) is 9.00. The quantitative estimate of drug-likeness (QED) is 0.604. The van der Waals surface area contributed by atoms with Gasteiger partial charge in [0.2, 0.25) is 10.0 Å². The molecule has 0 aliphatic rings. The Morgan fingerprint density at radius 3 is 2.69 bits per heavy atom. The van der Waals surface area contributed by atoms with Crippen LogP contribution in [0, 0.1) is 0 Å². The molecule has 0 saturated carbocycles. The van der Waals surface area contributed by atoms with Crippen LogP contribution in [0.15, 0.2) is 52.2 Å². The SMILES string of the molecule is CCn1c(=O)sc2cc(S(=O)(=O)NCCCc3ccccc3Cl)ccc21. The van der Waals surface area contributed by atoms with Crippen molar-refractivity contribution in [1.82, 2.24) is 9.29 Å². The molecule has 0 spiro atoms. The molecule has 0 radical (unpaired) electrons. The molecule has 138 valence electrons. The van der Waals surface area contributed by atoms with Crippen LogP contribution in [0.25, 0.3) is 10.2 Å². The number of rotatable bonds is 7. The largest absolute Gasteiger partial charge is 0.308 e. The first-order chi connectivity index (χ1) is 12.4. The van der Waals surface area contributed by atoms with E-state index in [2.05, 4.69) is 4.72 Å². The standard InChI is InChI=1S/C18H19ClN2O3S2/c1-2-21-16-10-9-14(12-17(16)25-18(21)22)26(23,24)20-11-5-7-13-6-3-4-8-15(13)19/h3-4,6,8-10,12,20H,2,5,7,11H2,1H3. The molecular weight excluding hydrogens is 392 g/mol. The van der Waals surface area contributed by atoms with Gasteiger partial charge in [-0.3, -0.25) is 9.36 Å². The number of halogens is 1. The average Bonchev–Trinajstić information content (AvgIpc) is 2.94. The van der Waals surface area contributed by atoms with Gasteiger partial charge in [0.1, 0.15) is 0 Å². The lowest BCUT2D eigenvalue weighted by Crippen LogP contribution is -2.25. The summed E-state index contributed by atoms with van der Waals surface area (Å²) in [5.74, 6) is 0. The van der Waals surface area contributed by atoms with Crippen LogP contribution in [0.5, 0.6) is 0 Å². The summed E-state index contributed by atoms with van der Waals surface area (Å²) in [5.41, 5.74) is 1.76. The fourth-order valence-corrected chi connectivity index (χ4v) is 5.18. The van der Waals surface area contributed by atoms with Crippen molar-refractivity contribution in [2.75, 3.05) is 6.54 Å². The van der Waals surface area contributed by atoms with E-state index in [1.165, 1.54) is 6.07 Å². The highest BCUT2D eigenvalue weighted by Gasteiger charge is 2.16. The zero-order valence-electron chi connectivity index (χ0n) is 14.2. The molecule has 0 unspecified atom stereocenters. The number of fused-ring (bicyclic) bond motifs is 1. The number of thiazole rings is 1. The first-order valence-electron chi connectivity index (χ1n) is 8.29. The van der Waals surface area contributed by atoms with Crippen LogP contribution >= 0.6 is 22.9 Å². The molecule has 8 heteroatoms. The Kier molecular flexibility index (Phi) is 5.82. The van der Waals surface area contributed by atoms with Gasteiger partial charge in [0.05, 0.1) is 15.1 Å². The minimum atomic E-state index is -3.61. The zero-order valence-corrected chi connectivity index (χ0v) is 16.6. The van der Waals surface area contributed by atoms with E-state index in [1.54, 1.807) is 16.7 Å². The molecule has 0 aliphatic heterocycles. The Hall–Kier alpha value is -1.67. The third-order valence-corrected chi connectivity index (χ3v) is 6.91. The molecule has 0 bridgehead atoms. The molecule has 0 atom stereocenters.